The summed E-state index contributed by atoms with van der Waals surface area (Å²) in [5, 5.41) is 13.5. The molecule has 0 saturated heterocycles. The molecule has 206 valence electrons. The van der Waals surface area contributed by atoms with Crippen LogP contribution in [0.1, 0.15) is 47.8 Å². The van der Waals surface area contributed by atoms with Crippen molar-refractivity contribution in [3.8, 4) is 0 Å². The number of fused-ring (bicyclic) bond motifs is 5. The standard InChI is InChI=1S/C31H33N5O2S2/c1-21(16-17-22-10-4-2-5-11-22)32-26(37)20-39-31-34-33-30-35(19-18-23-12-6-3-7-13-23)28(38)27-24-14-8-9-15-25(24)40-29(27)36(30)31/h2-7,10-13,21H,8-9,14-20H2,1H3,(H,32,37)/t21-/m0/s1. The van der Waals surface area contributed by atoms with Gasteiger partial charge in [0.15, 0.2) is 5.16 Å². The first-order chi connectivity index (χ1) is 19.6. The summed E-state index contributed by atoms with van der Waals surface area (Å²) in [6.45, 7) is 2.57. The molecule has 0 saturated carbocycles. The van der Waals surface area contributed by atoms with E-state index < -0.39 is 0 Å². The molecular formula is C31H33N5O2S2. The number of amides is 1. The van der Waals surface area contributed by atoms with Gasteiger partial charge in [0.2, 0.25) is 11.7 Å². The third-order valence-corrected chi connectivity index (χ3v) is 9.79. The van der Waals surface area contributed by atoms with Crippen molar-refractivity contribution in [2.24, 2.45) is 0 Å². The Morgan fingerprint density at radius 2 is 1.70 bits per heavy atom. The van der Waals surface area contributed by atoms with Crippen LogP contribution in [0.25, 0.3) is 16.0 Å². The number of aryl methyl sites for hydroxylation is 5. The lowest BCUT2D eigenvalue weighted by atomic mass is 9.97. The van der Waals surface area contributed by atoms with Gasteiger partial charge in [-0.3, -0.25) is 14.2 Å². The van der Waals surface area contributed by atoms with E-state index in [1.165, 1.54) is 33.3 Å². The van der Waals surface area contributed by atoms with Crippen LogP contribution in [0.3, 0.4) is 0 Å². The number of thiophene rings is 1. The van der Waals surface area contributed by atoms with Gasteiger partial charge in [0.1, 0.15) is 4.83 Å². The Hall–Kier alpha value is -3.43. The SMILES string of the molecule is C[C@@H](CCc1ccccc1)NC(=O)CSc1nnc2n(CCc3ccccc3)c(=O)c3c4c(sc3n12)CCCC4. The molecule has 1 N–H and O–H groups in total. The van der Waals surface area contributed by atoms with Gasteiger partial charge in [-0.1, -0.05) is 72.4 Å². The molecule has 3 aromatic heterocycles. The number of aromatic nitrogens is 4. The molecule has 9 heteroatoms. The minimum atomic E-state index is -0.0265. The number of nitrogens with one attached hydrogen (secondary N) is 1. The van der Waals surface area contributed by atoms with Crippen LogP contribution in [-0.2, 0) is 37.0 Å². The van der Waals surface area contributed by atoms with Gasteiger partial charge in [-0.05, 0) is 68.6 Å². The molecule has 0 spiro atoms. The molecule has 0 fully saturated rings. The van der Waals surface area contributed by atoms with Crippen LogP contribution in [0.15, 0.2) is 70.6 Å². The molecule has 40 heavy (non-hydrogen) atoms. The van der Waals surface area contributed by atoms with Crippen LogP contribution in [-0.4, -0.2) is 36.9 Å². The lowest BCUT2D eigenvalue weighted by molar-refractivity contribution is -0.119. The number of thioether (sulfide) groups is 1. The van der Waals surface area contributed by atoms with E-state index in [0.29, 0.717) is 17.5 Å². The summed E-state index contributed by atoms with van der Waals surface area (Å²) in [5.74, 6) is 0.763. The predicted octanol–water partition coefficient (Wildman–Crippen LogP) is 5.46. The average molecular weight is 572 g/mol. The quantitative estimate of drug-likeness (QED) is 0.225. The van der Waals surface area contributed by atoms with Crippen LogP contribution in [0.5, 0.6) is 0 Å². The number of benzene rings is 2. The Morgan fingerprint density at radius 1 is 1.00 bits per heavy atom. The molecular weight excluding hydrogens is 539 g/mol. The van der Waals surface area contributed by atoms with Crippen molar-refractivity contribution in [1.29, 1.82) is 0 Å². The van der Waals surface area contributed by atoms with Gasteiger partial charge in [0, 0.05) is 17.5 Å². The van der Waals surface area contributed by atoms with Crippen molar-refractivity contribution in [2.75, 3.05) is 5.75 Å². The third kappa shape index (κ3) is 5.58. The first-order valence-corrected chi connectivity index (χ1v) is 15.8. The van der Waals surface area contributed by atoms with E-state index in [1.807, 2.05) is 47.7 Å². The number of nitrogens with zero attached hydrogens (tertiary/aromatic N) is 4. The fraction of sp³-hybridized carbons (Fsp3) is 0.355. The zero-order valence-corrected chi connectivity index (χ0v) is 24.3. The summed E-state index contributed by atoms with van der Waals surface area (Å²) >= 11 is 3.07. The Morgan fingerprint density at radius 3 is 2.45 bits per heavy atom. The summed E-state index contributed by atoms with van der Waals surface area (Å²) in [7, 11) is 0. The van der Waals surface area contributed by atoms with E-state index in [9.17, 15) is 9.59 Å². The number of carbonyl (C=O) groups is 1. The van der Waals surface area contributed by atoms with Crippen molar-refractivity contribution in [3.05, 3.63) is 92.6 Å². The summed E-state index contributed by atoms with van der Waals surface area (Å²) in [6, 6.07) is 20.6. The van der Waals surface area contributed by atoms with E-state index in [-0.39, 0.29) is 23.3 Å². The van der Waals surface area contributed by atoms with Crippen molar-refractivity contribution in [3.63, 3.8) is 0 Å². The zero-order valence-electron chi connectivity index (χ0n) is 22.6. The molecule has 0 aliphatic heterocycles. The summed E-state index contributed by atoms with van der Waals surface area (Å²) in [4.78, 5) is 28.9. The van der Waals surface area contributed by atoms with E-state index in [0.717, 1.165) is 55.2 Å². The Kier molecular flexibility index (Phi) is 8.02. The third-order valence-electron chi connectivity index (χ3n) is 7.59. The Bertz CT molecular complexity index is 1690. The van der Waals surface area contributed by atoms with E-state index in [1.54, 1.807) is 15.9 Å². The normalized spacial score (nSPS) is 13.9. The van der Waals surface area contributed by atoms with Gasteiger partial charge in [-0.25, -0.2) is 4.40 Å². The monoisotopic (exact) mass is 571 g/mol. The van der Waals surface area contributed by atoms with Crippen LogP contribution < -0.4 is 10.9 Å². The molecule has 3 heterocycles. The van der Waals surface area contributed by atoms with Gasteiger partial charge < -0.3 is 5.32 Å². The first-order valence-electron chi connectivity index (χ1n) is 14.0. The van der Waals surface area contributed by atoms with Gasteiger partial charge in [0.25, 0.3) is 5.56 Å². The van der Waals surface area contributed by atoms with Crippen molar-refractivity contribution in [2.45, 2.75) is 69.6 Å². The summed E-state index contributed by atoms with van der Waals surface area (Å²) < 4.78 is 3.79. The van der Waals surface area contributed by atoms with E-state index >= 15 is 0 Å². The number of hydrogen-bond donors (Lipinski definition) is 1. The zero-order chi connectivity index (χ0) is 27.5. The average Bonchev–Trinajstić information content (AvgIpc) is 3.58. The highest BCUT2D eigenvalue weighted by atomic mass is 32.2. The highest BCUT2D eigenvalue weighted by Gasteiger charge is 2.25. The molecule has 1 aliphatic rings. The molecule has 1 aliphatic carbocycles. The predicted molar refractivity (Wildman–Crippen MR) is 163 cm³/mol. The minimum absolute atomic E-state index is 0.0202. The Balaban J connectivity index is 1.25. The molecule has 1 amide bonds. The molecule has 1 atom stereocenters. The molecule has 2 aromatic carbocycles. The second-order valence-electron chi connectivity index (χ2n) is 10.5. The van der Waals surface area contributed by atoms with Gasteiger partial charge in [0.05, 0.1) is 11.1 Å². The van der Waals surface area contributed by atoms with Crippen molar-refractivity contribution < 1.29 is 4.79 Å². The highest BCUT2D eigenvalue weighted by molar-refractivity contribution is 7.99. The molecule has 0 unspecified atom stereocenters. The van der Waals surface area contributed by atoms with Crippen LogP contribution in [0.4, 0.5) is 0 Å². The smallest absolute Gasteiger partial charge is 0.263 e. The second-order valence-corrected chi connectivity index (χ2v) is 12.5. The van der Waals surface area contributed by atoms with Gasteiger partial charge in [-0.2, -0.15) is 0 Å². The highest BCUT2D eigenvalue weighted by Crippen LogP contribution is 2.36. The molecule has 0 radical (unpaired) electrons. The minimum Gasteiger partial charge on any atom is -0.353 e. The van der Waals surface area contributed by atoms with Crippen LogP contribution in [0, 0.1) is 0 Å². The molecule has 6 rings (SSSR count). The van der Waals surface area contributed by atoms with Crippen molar-refractivity contribution >= 4 is 45.0 Å². The van der Waals surface area contributed by atoms with E-state index in [4.69, 9.17) is 0 Å². The van der Waals surface area contributed by atoms with Crippen molar-refractivity contribution in [1.82, 2.24) is 24.5 Å². The molecule has 5 aromatic rings. The maximum Gasteiger partial charge on any atom is 0.263 e. The summed E-state index contributed by atoms with van der Waals surface area (Å²) in [5.41, 5.74) is 3.66. The second kappa shape index (κ2) is 12.0. The maximum absolute atomic E-state index is 13.9. The largest absolute Gasteiger partial charge is 0.353 e. The number of carbonyl (C=O) groups excluding carboxylic acids is 1. The van der Waals surface area contributed by atoms with Gasteiger partial charge in [-0.15, -0.1) is 21.5 Å². The molecule has 7 nitrogen and oxygen atoms in total. The summed E-state index contributed by atoms with van der Waals surface area (Å²) in [6.07, 6.45) is 6.72. The molecule has 0 bridgehead atoms. The fourth-order valence-electron chi connectivity index (χ4n) is 5.50. The topological polar surface area (TPSA) is 81.3 Å². The first kappa shape index (κ1) is 26.8. The maximum atomic E-state index is 13.9. The van der Waals surface area contributed by atoms with Crippen LogP contribution in [0.2, 0.25) is 0 Å². The lowest BCUT2D eigenvalue weighted by Crippen LogP contribution is -2.34. The fourth-order valence-corrected chi connectivity index (χ4v) is 7.68. The number of hydrogen-bond acceptors (Lipinski definition) is 6. The Labute approximate surface area is 241 Å². The lowest BCUT2D eigenvalue weighted by Gasteiger charge is -2.14. The van der Waals surface area contributed by atoms with Gasteiger partial charge >= 0.3 is 0 Å². The van der Waals surface area contributed by atoms with E-state index in [2.05, 4.69) is 39.8 Å². The van der Waals surface area contributed by atoms with Crippen LogP contribution >= 0.6 is 23.1 Å². The number of rotatable bonds is 10.